The minimum absolute atomic E-state index is 0.122. The van der Waals surface area contributed by atoms with Gasteiger partial charge >= 0.3 is 0 Å². The van der Waals surface area contributed by atoms with Crippen LogP contribution in [0.25, 0.3) is 0 Å². The zero-order chi connectivity index (χ0) is 18.5. The van der Waals surface area contributed by atoms with Crippen molar-refractivity contribution in [2.75, 3.05) is 7.11 Å². The van der Waals surface area contributed by atoms with Crippen LogP contribution in [0.15, 0.2) is 18.2 Å². The van der Waals surface area contributed by atoms with Gasteiger partial charge in [0.2, 0.25) is 0 Å². The molecule has 0 aliphatic carbocycles. The average molecular weight is 349 g/mol. The summed E-state index contributed by atoms with van der Waals surface area (Å²) < 4.78 is 11.8. The van der Waals surface area contributed by atoms with E-state index in [1.165, 1.54) is 0 Å². The van der Waals surface area contributed by atoms with E-state index in [1.54, 1.807) is 7.11 Å². The fourth-order valence-corrected chi connectivity index (χ4v) is 2.95. The number of benzene rings is 1. The molecule has 0 aromatic heterocycles. The third kappa shape index (κ3) is 5.88. The number of aliphatic hydroxyl groups excluding tert-OH is 1. The van der Waals surface area contributed by atoms with Crippen LogP contribution in [0.4, 0.5) is 0 Å². The van der Waals surface area contributed by atoms with Crippen LogP contribution in [0.2, 0.25) is 18.1 Å². The number of methoxy groups -OCH3 is 1. The molecule has 24 heavy (non-hydrogen) atoms. The van der Waals surface area contributed by atoms with E-state index in [-0.39, 0.29) is 5.04 Å². The first-order valence-electron chi connectivity index (χ1n) is 8.53. The lowest BCUT2D eigenvalue weighted by Crippen LogP contribution is -2.43. The molecule has 0 aliphatic rings. The first-order chi connectivity index (χ1) is 11.0. The van der Waals surface area contributed by atoms with Crippen LogP contribution in [0.3, 0.4) is 0 Å². The number of rotatable bonds is 5. The van der Waals surface area contributed by atoms with Crippen molar-refractivity contribution in [2.24, 2.45) is 5.92 Å². The fourth-order valence-electron chi connectivity index (χ4n) is 1.93. The molecule has 0 amide bonds. The molecule has 1 atom stereocenters. The number of ether oxygens (including phenoxy) is 1. The minimum atomic E-state index is -1.92. The number of hydrogen-bond acceptors (Lipinski definition) is 3. The van der Waals surface area contributed by atoms with Gasteiger partial charge in [0.15, 0.2) is 5.75 Å². The molecular weight excluding hydrogens is 316 g/mol. The topological polar surface area (TPSA) is 38.7 Å². The molecule has 1 N–H and O–H groups in total. The maximum Gasteiger partial charge on any atom is 0.250 e. The lowest BCUT2D eigenvalue weighted by Gasteiger charge is -2.36. The lowest BCUT2D eigenvalue weighted by atomic mass is 10.1. The van der Waals surface area contributed by atoms with E-state index in [1.807, 2.05) is 18.2 Å². The van der Waals surface area contributed by atoms with Crippen LogP contribution >= 0.6 is 0 Å². The minimum Gasteiger partial charge on any atom is -0.541 e. The van der Waals surface area contributed by atoms with Gasteiger partial charge in [0.1, 0.15) is 11.9 Å². The van der Waals surface area contributed by atoms with Crippen molar-refractivity contribution in [3.05, 3.63) is 23.8 Å². The Hall–Kier alpha value is -1.44. The molecule has 0 saturated carbocycles. The van der Waals surface area contributed by atoms with Crippen molar-refractivity contribution < 1.29 is 14.3 Å². The van der Waals surface area contributed by atoms with E-state index in [9.17, 15) is 5.11 Å². The summed E-state index contributed by atoms with van der Waals surface area (Å²) in [5.41, 5.74) is 0.817. The second kappa shape index (κ2) is 8.09. The SMILES string of the molecule is COc1cc(C#C[C@@H](O)CC(C)C)ccc1O[Si](C)(C)C(C)(C)C. The summed E-state index contributed by atoms with van der Waals surface area (Å²) in [5.74, 6) is 7.78. The van der Waals surface area contributed by atoms with Gasteiger partial charge in [-0.25, -0.2) is 0 Å². The first kappa shape index (κ1) is 20.6. The predicted octanol–water partition coefficient (Wildman–Crippen LogP) is 4.84. The maximum atomic E-state index is 9.88. The van der Waals surface area contributed by atoms with Gasteiger partial charge in [0, 0.05) is 5.56 Å². The summed E-state index contributed by atoms with van der Waals surface area (Å²) in [5, 5.41) is 10.0. The van der Waals surface area contributed by atoms with Crippen molar-refractivity contribution in [1.82, 2.24) is 0 Å². The Bertz CT molecular complexity index is 604. The molecular formula is C20H32O3Si. The maximum absolute atomic E-state index is 9.88. The zero-order valence-corrected chi connectivity index (χ0v) is 17.4. The van der Waals surface area contributed by atoms with Crippen molar-refractivity contribution in [1.29, 1.82) is 0 Å². The lowest BCUT2D eigenvalue weighted by molar-refractivity contribution is 0.204. The summed E-state index contributed by atoms with van der Waals surface area (Å²) >= 11 is 0. The van der Waals surface area contributed by atoms with E-state index in [2.05, 4.69) is 59.6 Å². The van der Waals surface area contributed by atoms with Crippen LogP contribution in [0.5, 0.6) is 11.5 Å². The molecule has 4 heteroatoms. The van der Waals surface area contributed by atoms with Gasteiger partial charge in [0.25, 0.3) is 8.32 Å². The van der Waals surface area contributed by atoms with E-state index >= 15 is 0 Å². The molecule has 1 rings (SSSR count). The molecule has 0 spiro atoms. The standard InChI is InChI=1S/C20H32O3Si/c1-15(2)13-17(21)11-9-16-10-12-18(19(14-16)22-6)23-24(7,8)20(3,4)5/h10,12,14-15,17,21H,13H2,1-8H3/t17-/m1/s1. The highest BCUT2D eigenvalue weighted by Crippen LogP contribution is 2.40. The van der Waals surface area contributed by atoms with Gasteiger partial charge in [-0.15, -0.1) is 0 Å². The highest BCUT2D eigenvalue weighted by molar-refractivity contribution is 6.74. The zero-order valence-electron chi connectivity index (χ0n) is 16.4. The van der Waals surface area contributed by atoms with Crippen molar-refractivity contribution in [2.45, 2.75) is 65.3 Å². The Balaban J connectivity index is 3.00. The summed E-state index contributed by atoms with van der Waals surface area (Å²) in [6.07, 6.45) is 0.0793. The van der Waals surface area contributed by atoms with E-state index in [0.29, 0.717) is 18.1 Å². The monoisotopic (exact) mass is 348 g/mol. The van der Waals surface area contributed by atoms with Crippen molar-refractivity contribution >= 4 is 8.32 Å². The molecule has 134 valence electrons. The van der Waals surface area contributed by atoms with Crippen LogP contribution in [0.1, 0.15) is 46.6 Å². The Morgan fingerprint density at radius 3 is 2.29 bits per heavy atom. The fraction of sp³-hybridized carbons (Fsp3) is 0.600. The van der Waals surface area contributed by atoms with Gasteiger partial charge in [-0.1, -0.05) is 46.5 Å². The molecule has 0 saturated heterocycles. The smallest absolute Gasteiger partial charge is 0.250 e. The molecule has 3 nitrogen and oxygen atoms in total. The normalized spacial score (nSPS) is 13.2. The average Bonchev–Trinajstić information content (AvgIpc) is 2.43. The highest BCUT2D eigenvalue weighted by Gasteiger charge is 2.39. The summed E-state index contributed by atoms with van der Waals surface area (Å²) in [4.78, 5) is 0. The van der Waals surface area contributed by atoms with Crippen molar-refractivity contribution in [3.8, 4) is 23.3 Å². The Morgan fingerprint density at radius 2 is 1.79 bits per heavy atom. The molecule has 1 aromatic rings. The Morgan fingerprint density at radius 1 is 1.17 bits per heavy atom. The van der Waals surface area contributed by atoms with Crippen LogP contribution in [-0.4, -0.2) is 26.6 Å². The molecule has 0 unspecified atom stereocenters. The van der Waals surface area contributed by atoms with Gasteiger partial charge in [-0.3, -0.25) is 0 Å². The second-order valence-corrected chi connectivity index (χ2v) is 12.9. The number of hydrogen-bond donors (Lipinski definition) is 1. The van der Waals surface area contributed by atoms with Gasteiger partial charge in [0.05, 0.1) is 7.11 Å². The predicted molar refractivity (Wildman–Crippen MR) is 103 cm³/mol. The second-order valence-electron chi connectivity index (χ2n) is 8.14. The van der Waals surface area contributed by atoms with Gasteiger partial charge < -0.3 is 14.3 Å². The van der Waals surface area contributed by atoms with Gasteiger partial charge in [-0.2, -0.15) is 0 Å². The van der Waals surface area contributed by atoms with E-state index in [4.69, 9.17) is 9.16 Å². The highest BCUT2D eigenvalue weighted by atomic mass is 28.4. The summed E-state index contributed by atoms with van der Waals surface area (Å²) in [6.45, 7) is 15.2. The summed E-state index contributed by atoms with van der Waals surface area (Å²) in [7, 11) is -0.284. The molecule has 1 aromatic carbocycles. The van der Waals surface area contributed by atoms with E-state index in [0.717, 1.165) is 11.3 Å². The molecule has 0 bridgehead atoms. The van der Waals surface area contributed by atoms with Crippen molar-refractivity contribution in [3.63, 3.8) is 0 Å². The van der Waals surface area contributed by atoms with Gasteiger partial charge in [-0.05, 0) is 48.7 Å². The molecule has 0 fully saturated rings. The summed E-state index contributed by atoms with van der Waals surface area (Å²) in [6, 6.07) is 5.70. The van der Waals surface area contributed by atoms with Crippen LogP contribution < -0.4 is 9.16 Å². The Labute approximate surface area is 148 Å². The molecule has 0 radical (unpaired) electrons. The largest absolute Gasteiger partial charge is 0.541 e. The van der Waals surface area contributed by atoms with E-state index < -0.39 is 14.4 Å². The third-order valence-corrected chi connectivity index (χ3v) is 8.76. The van der Waals surface area contributed by atoms with Crippen LogP contribution in [0, 0.1) is 17.8 Å². The quantitative estimate of drug-likeness (QED) is 0.611. The molecule has 0 heterocycles. The Kier molecular flexibility index (Phi) is 6.94. The third-order valence-electron chi connectivity index (χ3n) is 4.41. The first-order valence-corrected chi connectivity index (χ1v) is 11.4. The number of aliphatic hydroxyl groups is 1. The molecule has 0 aliphatic heterocycles. The van der Waals surface area contributed by atoms with Crippen LogP contribution in [-0.2, 0) is 0 Å².